The monoisotopic (exact) mass is 456 g/mol. The van der Waals surface area contributed by atoms with Crippen LogP contribution in [0, 0.1) is 0 Å². The molecule has 2 aromatic heterocycles. The maximum Gasteiger partial charge on any atom is 0.263 e. The summed E-state index contributed by atoms with van der Waals surface area (Å²) in [6.07, 6.45) is 1.63. The van der Waals surface area contributed by atoms with Gasteiger partial charge in [-0.3, -0.25) is 19.0 Å². The Morgan fingerprint density at radius 2 is 2.06 bits per heavy atom. The fraction of sp³-hybridized carbons (Fsp3) is 0.273. The topological polar surface area (TPSA) is 84.3 Å². The van der Waals surface area contributed by atoms with Gasteiger partial charge in [-0.1, -0.05) is 23.9 Å². The molecule has 3 rings (SSSR count). The zero-order valence-electron chi connectivity index (χ0n) is 17.5. The Morgan fingerprint density at radius 1 is 1.29 bits per heavy atom. The summed E-state index contributed by atoms with van der Waals surface area (Å²) in [7, 11) is 0. The van der Waals surface area contributed by atoms with Gasteiger partial charge in [-0.15, -0.1) is 17.9 Å². The van der Waals surface area contributed by atoms with Gasteiger partial charge in [-0.05, 0) is 43.5 Å². The number of thioether (sulfide) groups is 1. The van der Waals surface area contributed by atoms with E-state index in [1.165, 1.54) is 27.7 Å². The minimum Gasteiger partial charge on any atom is -0.339 e. The molecule has 0 fully saturated rings. The number of hydrogen-bond acceptors (Lipinski definition) is 6. The van der Waals surface area contributed by atoms with Crippen molar-refractivity contribution < 1.29 is 9.59 Å². The fourth-order valence-electron chi connectivity index (χ4n) is 3.08. The molecule has 0 radical (unpaired) electrons. The van der Waals surface area contributed by atoms with Crippen molar-refractivity contribution in [2.75, 3.05) is 24.2 Å². The van der Waals surface area contributed by atoms with Gasteiger partial charge in [0.1, 0.15) is 4.83 Å². The van der Waals surface area contributed by atoms with Gasteiger partial charge in [0.2, 0.25) is 5.91 Å². The Bertz CT molecular complexity index is 1170. The number of aromatic nitrogens is 2. The Morgan fingerprint density at radius 3 is 2.77 bits per heavy atom. The number of amides is 2. The molecule has 2 heterocycles. The summed E-state index contributed by atoms with van der Waals surface area (Å²) in [5.74, 6) is -0.241. The summed E-state index contributed by atoms with van der Waals surface area (Å²) in [4.78, 5) is 44.6. The molecule has 0 aliphatic heterocycles. The first-order valence-corrected chi connectivity index (χ1v) is 11.8. The summed E-state index contributed by atoms with van der Waals surface area (Å²) in [6.45, 7) is 9.12. The van der Waals surface area contributed by atoms with Crippen LogP contribution < -0.4 is 10.9 Å². The van der Waals surface area contributed by atoms with E-state index in [0.29, 0.717) is 46.3 Å². The Labute approximate surface area is 188 Å². The standard InChI is InChI=1S/C22H24N4O3S2/c1-4-11-26-21(29)17-10-12-30-19(17)24-22(26)31-14-18(27)23-16-9-7-8-15(13-16)20(28)25(5-2)6-3/h4,7-10,12-13H,1,5-6,11,14H2,2-3H3,(H,23,27). The minimum atomic E-state index is -0.247. The summed E-state index contributed by atoms with van der Waals surface area (Å²) in [6, 6.07) is 8.65. The van der Waals surface area contributed by atoms with Crippen LogP contribution in [-0.2, 0) is 11.3 Å². The van der Waals surface area contributed by atoms with E-state index in [1.807, 2.05) is 19.2 Å². The minimum absolute atomic E-state index is 0.0719. The molecule has 1 N–H and O–H groups in total. The average molecular weight is 457 g/mol. The second kappa shape index (κ2) is 10.4. The number of allylic oxidation sites excluding steroid dienone is 1. The quantitative estimate of drug-likeness (QED) is 0.300. The second-order valence-corrected chi connectivity index (χ2v) is 8.47. The zero-order valence-corrected chi connectivity index (χ0v) is 19.1. The average Bonchev–Trinajstić information content (AvgIpc) is 3.24. The molecule has 3 aromatic rings. The van der Waals surface area contributed by atoms with Crippen LogP contribution in [0.25, 0.3) is 10.2 Å². The van der Waals surface area contributed by atoms with Crippen LogP contribution >= 0.6 is 23.1 Å². The molecule has 0 bridgehead atoms. The maximum atomic E-state index is 12.7. The highest BCUT2D eigenvalue weighted by Gasteiger charge is 2.15. The molecular formula is C22H24N4O3S2. The fourth-order valence-corrected chi connectivity index (χ4v) is 4.69. The number of anilines is 1. The van der Waals surface area contributed by atoms with Crippen LogP contribution in [0.15, 0.2) is 58.3 Å². The van der Waals surface area contributed by atoms with Gasteiger partial charge in [0.05, 0.1) is 11.1 Å². The highest BCUT2D eigenvalue weighted by atomic mass is 32.2. The highest BCUT2D eigenvalue weighted by molar-refractivity contribution is 7.99. The van der Waals surface area contributed by atoms with Gasteiger partial charge in [0, 0.05) is 30.9 Å². The van der Waals surface area contributed by atoms with Gasteiger partial charge in [0.15, 0.2) is 5.16 Å². The molecular weight excluding hydrogens is 432 g/mol. The lowest BCUT2D eigenvalue weighted by atomic mass is 10.1. The number of nitrogens with one attached hydrogen (secondary N) is 1. The zero-order chi connectivity index (χ0) is 22.4. The highest BCUT2D eigenvalue weighted by Crippen LogP contribution is 2.22. The van der Waals surface area contributed by atoms with Crippen molar-refractivity contribution in [3.05, 3.63) is 64.3 Å². The van der Waals surface area contributed by atoms with Gasteiger partial charge in [-0.25, -0.2) is 4.98 Å². The smallest absolute Gasteiger partial charge is 0.263 e. The van der Waals surface area contributed by atoms with Crippen molar-refractivity contribution in [3.8, 4) is 0 Å². The normalized spacial score (nSPS) is 10.8. The van der Waals surface area contributed by atoms with Crippen molar-refractivity contribution in [3.63, 3.8) is 0 Å². The summed E-state index contributed by atoms with van der Waals surface area (Å²) in [5.41, 5.74) is 0.934. The third-order valence-electron chi connectivity index (χ3n) is 4.64. The van der Waals surface area contributed by atoms with E-state index in [-0.39, 0.29) is 23.1 Å². The lowest BCUT2D eigenvalue weighted by Crippen LogP contribution is -2.30. The summed E-state index contributed by atoms with van der Waals surface area (Å²) in [5, 5.41) is 5.68. The number of thiophene rings is 1. The van der Waals surface area contributed by atoms with Crippen molar-refractivity contribution >= 4 is 50.8 Å². The van der Waals surface area contributed by atoms with E-state index in [0.717, 1.165) is 0 Å². The van der Waals surface area contributed by atoms with Gasteiger partial charge >= 0.3 is 0 Å². The van der Waals surface area contributed by atoms with E-state index in [9.17, 15) is 14.4 Å². The van der Waals surface area contributed by atoms with Gasteiger partial charge in [-0.2, -0.15) is 0 Å². The molecule has 9 heteroatoms. The van der Waals surface area contributed by atoms with E-state index >= 15 is 0 Å². The molecule has 0 atom stereocenters. The number of nitrogens with zero attached hydrogens (tertiary/aromatic N) is 3. The molecule has 2 amide bonds. The molecule has 0 saturated carbocycles. The number of carbonyl (C=O) groups is 2. The predicted octanol–water partition coefficient (Wildman–Crippen LogP) is 3.86. The number of rotatable bonds is 9. The molecule has 0 spiro atoms. The Balaban J connectivity index is 1.72. The van der Waals surface area contributed by atoms with Crippen LogP contribution in [0.2, 0.25) is 0 Å². The second-order valence-electron chi connectivity index (χ2n) is 6.63. The van der Waals surface area contributed by atoms with Gasteiger partial charge < -0.3 is 10.2 Å². The lowest BCUT2D eigenvalue weighted by Gasteiger charge is -2.19. The molecule has 1 aromatic carbocycles. The van der Waals surface area contributed by atoms with Crippen molar-refractivity contribution in [1.82, 2.24) is 14.5 Å². The van der Waals surface area contributed by atoms with E-state index < -0.39 is 0 Å². The SMILES string of the molecule is C=CCn1c(SCC(=O)Nc2cccc(C(=O)N(CC)CC)c2)nc2sccc2c1=O. The maximum absolute atomic E-state index is 12.7. The van der Waals surface area contributed by atoms with Crippen molar-refractivity contribution in [2.24, 2.45) is 0 Å². The van der Waals surface area contributed by atoms with Crippen molar-refractivity contribution in [1.29, 1.82) is 0 Å². The molecule has 7 nitrogen and oxygen atoms in total. The van der Waals surface area contributed by atoms with Crippen LogP contribution in [-0.4, -0.2) is 45.1 Å². The molecule has 0 aliphatic rings. The summed E-state index contributed by atoms with van der Waals surface area (Å²) >= 11 is 2.58. The molecule has 0 saturated heterocycles. The third-order valence-corrected chi connectivity index (χ3v) is 6.42. The first-order valence-electron chi connectivity index (χ1n) is 9.89. The molecule has 0 aliphatic carbocycles. The number of carbonyl (C=O) groups excluding carboxylic acids is 2. The first-order chi connectivity index (χ1) is 15.0. The number of fused-ring (bicyclic) bond motifs is 1. The molecule has 0 unspecified atom stereocenters. The van der Waals surface area contributed by atoms with Crippen molar-refractivity contribution in [2.45, 2.75) is 25.5 Å². The van der Waals surface area contributed by atoms with Gasteiger partial charge in [0.25, 0.3) is 11.5 Å². The molecule has 31 heavy (non-hydrogen) atoms. The lowest BCUT2D eigenvalue weighted by molar-refractivity contribution is -0.113. The van der Waals surface area contributed by atoms with Crippen LogP contribution in [0.5, 0.6) is 0 Å². The predicted molar refractivity (Wildman–Crippen MR) is 127 cm³/mol. The third kappa shape index (κ3) is 5.23. The largest absolute Gasteiger partial charge is 0.339 e. The Hall–Kier alpha value is -2.91. The van der Waals surface area contributed by atoms with E-state index in [1.54, 1.807) is 41.3 Å². The van der Waals surface area contributed by atoms with E-state index in [2.05, 4.69) is 16.9 Å². The van der Waals surface area contributed by atoms with Crippen LogP contribution in [0.3, 0.4) is 0 Å². The number of hydrogen-bond donors (Lipinski definition) is 1. The van der Waals surface area contributed by atoms with Crippen LogP contribution in [0.1, 0.15) is 24.2 Å². The van der Waals surface area contributed by atoms with E-state index in [4.69, 9.17) is 0 Å². The molecule has 162 valence electrons. The Kier molecular flexibility index (Phi) is 7.64. The van der Waals surface area contributed by atoms with Crippen LogP contribution in [0.4, 0.5) is 5.69 Å². The number of benzene rings is 1. The first kappa shape index (κ1) is 22.8. The summed E-state index contributed by atoms with van der Waals surface area (Å²) < 4.78 is 1.52.